The number of aliphatic carboxylic acids is 1. The van der Waals surface area contributed by atoms with Crippen LogP contribution in [-0.2, 0) is 16.0 Å². The van der Waals surface area contributed by atoms with Crippen LogP contribution in [-0.4, -0.2) is 23.5 Å². The van der Waals surface area contributed by atoms with Crippen molar-refractivity contribution in [2.24, 2.45) is 5.92 Å². The number of benzene rings is 1. The molecule has 4 heteroatoms. The van der Waals surface area contributed by atoms with Crippen molar-refractivity contribution in [1.82, 2.24) is 0 Å². The summed E-state index contributed by atoms with van der Waals surface area (Å²) in [4.78, 5) is 24.2. The molecule has 1 N–H and O–H groups in total. The molecule has 1 heterocycles. The Morgan fingerprint density at radius 1 is 1.39 bits per heavy atom. The number of nitrogens with zero attached hydrogens (tertiary/aromatic N) is 1. The molecule has 96 valence electrons. The van der Waals surface area contributed by atoms with Gasteiger partial charge in [0.1, 0.15) is 0 Å². The number of aryl methyl sites for hydroxylation is 1. The van der Waals surface area contributed by atoms with Crippen LogP contribution in [0.3, 0.4) is 0 Å². The second-order valence-corrected chi connectivity index (χ2v) is 4.66. The van der Waals surface area contributed by atoms with E-state index in [9.17, 15) is 9.59 Å². The number of hydrogen-bond acceptors (Lipinski definition) is 2. The fraction of sp³-hybridized carbons (Fsp3) is 0.429. The van der Waals surface area contributed by atoms with Crippen molar-refractivity contribution in [3.05, 3.63) is 29.8 Å². The van der Waals surface area contributed by atoms with Crippen LogP contribution in [0.25, 0.3) is 0 Å². The maximum absolute atomic E-state index is 11.8. The Morgan fingerprint density at radius 3 is 2.56 bits per heavy atom. The Bertz CT molecular complexity index is 453. The van der Waals surface area contributed by atoms with Gasteiger partial charge in [-0.15, -0.1) is 0 Å². The molecule has 1 saturated heterocycles. The lowest BCUT2D eigenvalue weighted by Crippen LogP contribution is -2.25. The van der Waals surface area contributed by atoms with Gasteiger partial charge < -0.3 is 10.0 Å². The first-order chi connectivity index (χ1) is 8.61. The van der Waals surface area contributed by atoms with E-state index >= 15 is 0 Å². The molecule has 1 fully saturated rings. The van der Waals surface area contributed by atoms with E-state index in [2.05, 4.69) is 6.92 Å². The average molecular weight is 247 g/mol. The molecular weight excluding hydrogens is 230 g/mol. The Morgan fingerprint density at radius 2 is 2.06 bits per heavy atom. The van der Waals surface area contributed by atoms with E-state index in [1.54, 1.807) is 4.90 Å². The Kier molecular flexibility index (Phi) is 3.65. The highest BCUT2D eigenvalue weighted by molar-refractivity contribution is 5.99. The molecule has 4 nitrogen and oxygen atoms in total. The molecule has 2 rings (SSSR count). The Labute approximate surface area is 106 Å². The standard InChI is InChI=1S/C14H17NO3/c1-2-3-10-4-6-12(7-5-10)15-9-11(14(17)18)8-13(15)16/h4-7,11H,2-3,8-9H2,1H3,(H,17,18)/t11-/m1/s1. The number of rotatable bonds is 4. The fourth-order valence-electron chi connectivity index (χ4n) is 2.25. The van der Waals surface area contributed by atoms with Crippen molar-refractivity contribution < 1.29 is 14.7 Å². The Balaban J connectivity index is 2.12. The minimum Gasteiger partial charge on any atom is -0.481 e. The van der Waals surface area contributed by atoms with Crippen LogP contribution in [0.5, 0.6) is 0 Å². The number of carboxylic acid groups (broad SMARTS) is 1. The van der Waals surface area contributed by atoms with Crippen LogP contribution in [0, 0.1) is 5.92 Å². The number of anilines is 1. The van der Waals surface area contributed by atoms with Gasteiger partial charge in [0, 0.05) is 18.7 Å². The van der Waals surface area contributed by atoms with Crippen LogP contribution >= 0.6 is 0 Å². The molecule has 0 unspecified atom stereocenters. The summed E-state index contributed by atoms with van der Waals surface area (Å²) >= 11 is 0. The van der Waals surface area contributed by atoms with Gasteiger partial charge >= 0.3 is 5.97 Å². The third-order valence-corrected chi connectivity index (χ3v) is 3.26. The molecule has 0 saturated carbocycles. The summed E-state index contributed by atoms with van der Waals surface area (Å²) in [7, 11) is 0. The first-order valence-corrected chi connectivity index (χ1v) is 6.24. The lowest BCUT2D eigenvalue weighted by Gasteiger charge is -2.16. The molecule has 1 aromatic carbocycles. The largest absolute Gasteiger partial charge is 0.481 e. The lowest BCUT2D eigenvalue weighted by molar-refractivity contribution is -0.141. The van der Waals surface area contributed by atoms with Gasteiger partial charge in [-0.3, -0.25) is 9.59 Å². The molecule has 0 aromatic heterocycles. The van der Waals surface area contributed by atoms with Crippen LogP contribution in [0.2, 0.25) is 0 Å². The quantitative estimate of drug-likeness (QED) is 0.886. The number of carbonyl (C=O) groups excluding carboxylic acids is 1. The zero-order chi connectivity index (χ0) is 13.1. The van der Waals surface area contributed by atoms with Crippen LogP contribution in [0.15, 0.2) is 24.3 Å². The molecule has 1 aliphatic rings. The maximum atomic E-state index is 11.8. The smallest absolute Gasteiger partial charge is 0.308 e. The molecule has 1 aromatic rings. The number of carbonyl (C=O) groups is 2. The van der Waals surface area contributed by atoms with E-state index in [1.807, 2.05) is 24.3 Å². The van der Waals surface area contributed by atoms with Gasteiger partial charge in [-0.05, 0) is 24.1 Å². The third-order valence-electron chi connectivity index (χ3n) is 3.26. The first kappa shape index (κ1) is 12.6. The molecule has 0 aliphatic carbocycles. The van der Waals surface area contributed by atoms with Crippen molar-refractivity contribution in [3.63, 3.8) is 0 Å². The molecule has 1 aliphatic heterocycles. The van der Waals surface area contributed by atoms with Gasteiger partial charge in [-0.2, -0.15) is 0 Å². The summed E-state index contributed by atoms with van der Waals surface area (Å²) in [6.07, 6.45) is 2.21. The second-order valence-electron chi connectivity index (χ2n) is 4.66. The van der Waals surface area contributed by atoms with Gasteiger partial charge in [-0.25, -0.2) is 0 Å². The molecule has 0 spiro atoms. The van der Waals surface area contributed by atoms with Crippen molar-refractivity contribution in [2.75, 3.05) is 11.4 Å². The normalized spacial score (nSPS) is 19.3. The van der Waals surface area contributed by atoms with Gasteiger partial charge in [0.15, 0.2) is 0 Å². The number of hydrogen-bond donors (Lipinski definition) is 1. The zero-order valence-corrected chi connectivity index (χ0v) is 10.4. The van der Waals surface area contributed by atoms with Gasteiger partial charge in [0.2, 0.25) is 5.91 Å². The van der Waals surface area contributed by atoms with Crippen molar-refractivity contribution >= 4 is 17.6 Å². The molecular formula is C14H17NO3. The maximum Gasteiger partial charge on any atom is 0.308 e. The predicted octanol–water partition coefficient (Wildman–Crippen LogP) is 2.08. The SMILES string of the molecule is CCCc1ccc(N2C[C@H](C(=O)O)CC2=O)cc1. The summed E-state index contributed by atoms with van der Waals surface area (Å²) in [5, 5.41) is 8.93. The highest BCUT2D eigenvalue weighted by Gasteiger charge is 2.34. The van der Waals surface area contributed by atoms with E-state index in [-0.39, 0.29) is 18.9 Å². The summed E-state index contributed by atoms with van der Waals surface area (Å²) in [6, 6.07) is 7.79. The van der Waals surface area contributed by atoms with Crippen LogP contribution < -0.4 is 4.90 Å². The summed E-state index contributed by atoms with van der Waals surface area (Å²) in [5.74, 6) is -1.58. The molecule has 1 atom stereocenters. The zero-order valence-electron chi connectivity index (χ0n) is 10.4. The van der Waals surface area contributed by atoms with Crippen LogP contribution in [0.4, 0.5) is 5.69 Å². The van der Waals surface area contributed by atoms with E-state index in [0.717, 1.165) is 18.5 Å². The first-order valence-electron chi connectivity index (χ1n) is 6.24. The fourth-order valence-corrected chi connectivity index (χ4v) is 2.25. The minimum atomic E-state index is -0.895. The minimum absolute atomic E-state index is 0.103. The Hall–Kier alpha value is -1.84. The average Bonchev–Trinajstić information content (AvgIpc) is 2.73. The monoisotopic (exact) mass is 247 g/mol. The van der Waals surface area contributed by atoms with Crippen LogP contribution in [0.1, 0.15) is 25.3 Å². The number of carboxylic acids is 1. The molecule has 0 radical (unpaired) electrons. The van der Waals surface area contributed by atoms with E-state index in [4.69, 9.17) is 5.11 Å². The van der Waals surface area contributed by atoms with Gasteiger partial charge in [0.25, 0.3) is 0 Å². The number of amides is 1. The molecule has 18 heavy (non-hydrogen) atoms. The van der Waals surface area contributed by atoms with Crippen molar-refractivity contribution in [2.45, 2.75) is 26.2 Å². The van der Waals surface area contributed by atoms with Gasteiger partial charge in [-0.1, -0.05) is 25.5 Å². The summed E-state index contributed by atoms with van der Waals surface area (Å²) in [5.41, 5.74) is 2.03. The van der Waals surface area contributed by atoms with Gasteiger partial charge in [0.05, 0.1) is 5.92 Å². The van der Waals surface area contributed by atoms with E-state index < -0.39 is 11.9 Å². The predicted molar refractivity (Wildman–Crippen MR) is 68.5 cm³/mol. The van der Waals surface area contributed by atoms with Crippen molar-refractivity contribution in [1.29, 1.82) is 0 Å². The van der Waals surface area contributed by atoms with E-state index in [1.165, 1.54) is 5.56 Å². The second kappa shape index (κ2) is 5.21. The van der Waals surface area contributed by atoms with E-state index in [0.29, 0.717) is 0 Å². The van der Waals surface area contributed by atoms with Crippen molar-refractivity contribution in [3.8, 4) is 0 Å². The topological polar surface area (TPSA) is 57.6 Å². The molecule has 1 amide bonds. The highest BCUT2D eigenvalue weighted by atomic mass is 16.4. The highest BCUT2D eigenvalue weighted by Crippen LogP contribution is 2.25. The lowest BCUT2D eigenvalue weighted by atomic mass is 10.1. The summed E-state index contributed by atoms with van der Waals surface area (Å²) in [6.45, 7) is 2.40. The third kappa shape index (κ3) is 2.53. The summed E-state index contributed by atoms with van der Waals surface area (Å²) < 4.78 is 0. The molecule has 0 bridgehead atoms.